The van der Waals surface area contributed by atoms with Crippen LogP contribution in [-0.4, -0.2) is 12.5 Å². The first-order chi connectivity index (χ1) is 12.1. The van der Waals surface area contributed by atoms with Gasteiger partial charge in [0.1, 0.15) is 16.9 Å². The predicted molar refractivity (Wildman–Crippen MR) is 95.4 cm³/mol. The molecule has 1 fully saturated rings. The molecule has 0 aromatic heterocycles. The summed E-state index contributed by atoms with van der Waals surface area (Å²) in [6.45, 7) is 5.30. The Balaban J connectivity index is 2.17. The Morgan fingerprint density at radius 1 is 1.31 bits per heavy atom. The second-order valence-electron chi connectivity index (χ2n) is 6.82. The molecule has 1 saturated carbocycles. The SMILES string of the molecule is CCCNc1c(F)cc(F)c(F)c1COC(=O)[C@H]1[C@H](C=C(Cl)Cl)C1(C)C. The summed E-state index contributed by atoms with van der Waals surface area (Å²) in [6, 6.07) is 0.464. The summed E-state index contributed by atoms with van der Waals surface area (Å²) in [5.41, 5.74) is -0.972. The molecule has 0 saturated heterocycles. The topological polar surface area (TPSA) is 38.3 Å². The highest BCUT2D eigenvalue weighted by Crippen LogP contribution is 2.60. The zero-order valence-electron chi connectivity index (χ0n) is 14.6. The van der Waals surface area contributed by atoms with E-state index in [2.05, 4.69) is 5.32 Å². The zero-order chi connectivity index (χ0) is 19.6. The van der Waals surface area contributed by atoms with Crippen LogP contribution in [0.15, 0.2) is 16.6 Å². The van der Waals surface area contributed by atoms with Gasteiger partial charge < -0.3 is 10.1 Å². The normalized spacial score (nSPS) is 20.5. The highest BCUT2D eigenvalue weighted by Gasteiger charge is 2.61. The molecule has 1 aliphatic carbocycles. The van der Waals surface area contributed by atoms with E-state index in [1.54, 1.807) is 6.08 Å². The highest BCUT2D eigenvalue weighted by atomic mass is 35.5. The van der Waals surface area contributed by atoms with Crippen LogP contribution >= 0.6 is 23.2 Å². The zero-order valence-corrected chi connectivity index (χ0v) is 16.1. The molecule has 0 unspecified atom stereocenters. The van der Waals surface area contributed by atoms with Crippen molar-refractivity contribution in [3.05, 3.63) is 39.6 Å². The summed E-state index contributed by atoms with van der Waals surface area (Å²) in [6.07, 6.45) is 2.20. The van der Waals surface area contributed by atoms with Gasteiger partial charge in [0.25, 0.3) is 0 Å². The van der Waals surface area contributed by atoms with Crippen LogP contribution in [0.1, 0.15) is 32.8 Å². The maximum absolute atomic E-state index is 14.1. The van der Waals surface area contributed by atoms with Crippen molar-refractivity contribution >= 4 is 34.9 Å². The summed E-state index contributed by atoms with van der Waals surface area (Å²) in [5.74, 6) is -4.85. The van der Waals surface area contributed by atoms with Crippen LogP contribution in [0.25, 0.3) is 0 Å². The molecule has 1 aromatic rings. The minimum Gasteiger partial charge on any atom is -0.460 e. The van der Waals surface area contributed by atoms with Gasteiger partial charge in [0.2, 0.25) is 0 Å². The predicted octanol–water partition coefficient (Wildman–Crippen LogP) is 5.56. The molecular formula is C18H20Cl2F3NO2. The third-order valence-electron chi connectivity index (χ3n) is 4.65. The molecule has 0 heterocycles. The van der Waals surface area contributed by atoms with Gasteiger partial charge in [0, 0.05) is 12.6 Å². The number of hydrogen-bond donors (Lipinski definition) is 1. The fourth-order valence-electron chi connectivity index (χ4n) is 3.03. The first-order valence-corrected chi connectivity index (χ1v) is 8.96. The Labute approximate surface area is 160 Å². The lowest BCUT2D eigenvalue weighted by atomic mass is 10.1. The number of carbonyl (C=O) groups excluding carboxylic acids is 1. The van der Waals surface area contributed by atoms with Crippen LogP contribution < -0.4 is 5.32 Å². The average Bonchev–Trinajstić information content (AvgIpc) is 3.07. The van der Waals surface area contributed by atoms with Crippen molar-refractivity contribution in [2.75, 3.05) is 11.9 Å². The van der Waals surface area contributed by atoms with Gasteiger partial charge in [-0.05, 0) is 23.8 Å². The Morgan fingerprint density at radius 3 is 2.54 bits per heavy atom. The standard InChI is InChI=1S/C18H20Cl2F3NO2/c1-4-5-24-16-9(15(23)11(21)7-12(16)22)8-26-17(25)14-10(6-13(19)20)18(14,2)3/h6-7,10,14,24H,4-5,8H2,1-3H3/t10-,14+/m0/s1. The van der Waals surface area contributed by atoms with Gasteiger partial charge in [0.05, 0.1) is 17.2 Å². The molecule has 0 amide bonds. The van der Waals surface area contributed by atoms with E-state index in [0.29, 0.717) is 19.0 Å². The van der Waals surface area contributed by atoms with E-state index in [-0.39, 0.29) is 21.7 Å². The van der Waals surface area contributed by atoms with Crippen molar-refractivity contribution in [2.24, 2.45) is 17.3 Å². The second-order valence-corrected chi connectivity index (χ2v) is 7.83. The van der Waals surface area contributed by atoms with Gasteiger partial charge >= 0.3 is 5.97 Å². The first kappa shape index (κ1) is 20.9. The molecule has 26 heavy (non-hydrogen) atoms. The summed E-state index contributed by atoms with van der Waals surface area (Å²) in [5, 5.41) is 2.70. The van der Waals surface area contributed by atoms with E-state index in [0.717, 1.165) is 0 Å². The fourth-order valence-corrected chi connectivity index (χ4v) is 3.30. The number of carbonyl (C=O) groups is 1. The largest absolute Gasteiger partial charge is 0.460 e. The van der Waals surface area contributed by atoms with Crippen LogP contribution in [-0.2, 0) is 16.1 Å². The van der Waals surface area contributed by atoms with E-state index in [1.165, 1.54) is 0 Å². The summed E-state index contributed by atoms with van der Waals surface area (Å²) >= 11 is 11.3. The fraction of sp³-hybridized carbons (Fsp3) is 0.500. The average molecular weight is 410 g/mol. The third kappa shape index (κ3) is 4.29. The molecule has 2 rings (SSSR count). The number of rotatable bonds is 7. The lowest BCUT2D eigenvalue weighted by molar-refractivity contribution is -0.147. The maximum Gasteiger partial charge on any atom is 0.310 e. The van der Waals surface area contributed by atoms with E-state index in [4.69, 9.17) is 27.9 Å². The number of esters is 1. The molecule has 0 radical (unpaired) electrons. The number of hydrogen-bond acceptors (Lipinski definition) is 3. The minimum absolute atomic E-state index is 0.0441. The molecule has 1 aliphatic rings. The van der Waals surface area contributed by atoms with Crippen molar-refractivity contribution in [3.8, 4) is 0 Å². The van der Waals surface area contributed by atoms with Crippen LogP contribution in [0.3, 0.4) is 0 Å². The number of nitrogens with one attached hydrogen (secondary N) is 1. The molecule has 0 spiro atoms. The summed E-state index contributed by atoms with van der Waals surface area (Å²) < 4.78 is 46.8. The molecular weight excluding hydrogens is 390 g/mol. The monoisotopic (exact) mass is 409 g/mol. The minimum atomic E-state index is -1.34. The number of halogens is 5. The molecule has 1 N–H and O–H groups in total. The van der Waals surface area contributed by atoms with Crippen LogP contribution in [0.4, 0.5) is 18.9 Å². The number of anilines is 1. The van der Waals surface area contributed by atoms with Crippen LogP contribution in [0, 0.1) is 34.7 Å². The quantitative estimate of drug-likeness (QED) is 0.473. The van der Waals surface area contributed by atoms with Crippen molar-refractivity contribution in [3.63, 3.8) is 0 Å². The Kier molecular flexibility index (Phi) is 6.51. The molecule has 8 heteroatoms. The third-order valence-corrected chi connectivity index (χ3v) is 4.90. The van der Waals surface area contributed by atoms with E-state index >= 15 is 0 Å². The highest BCUT2D eigenvalue weighted by molar-refractivity contribution is 6.55. The van der Waals surface area contributed by atoms with Gasteiger partial charge in [-0.25, -0.2) is 13.2 Å². The summed E-state index contributed by atoms with van der Waals surface area (Å²) in [4.78, 5) is 12.3. The molecule has 0 bridgehead atoms. The van der Waals surface area contributed by atoms with Gasteiger partial charge in [-0.3, -0.25) is 4.79 Å². The van der Waals surface area contributed by atoms with Crippen molar-refractivity contribution in [2.45, 2.75) is 33.8 Å². The number of benzene rings is 1. The Morgan fingerprint density at radius 2 is 1.96 bits per heavy atom. The Hall–Kier alpha value is -1.40. The molecule has 0 aliphatic heterocycles. The van der Waals surface area contributed by atoms with E-state index < -0.39 is 41.4 Å². The van der Waals surface area contributed by atoms with Crippen molar-refractivity contribution < 1.29 is 22.7 Å². The van der Waals surface area contributed by atoms with Crippen molar-refractivity contribution in [1.29, 1.82) is 0 Å². The summed E-state index contributed by atoms with van der Waals surface area (Å²) in [7, 11) is 0. The van der Waals surface area contributed by atoms with Gasteiger partial charge in [-0.2, -0.15) is 0 Å². The molecule has 144 valence electrons. The van der Waals surface area contributed by atoms with Gasteiger partial charge in [0.15, 0.2) is 11.6 Å². The first-order valence-electron chi connectivity index (χ1n) is 8.20. The number of ether oxygens (including phenoxy) is 1. The lowest BCUT2D eigenvalue weighted by Crippen LogP contribution is -2.14. The smallest absolute Gasteiger partial charge is 0.310 e. The molecule has 1 aromatic carbocycles. The van der Waals surface area contributed by atoms with Gasteiger partial charge in [-0.1, -0.05) is 44.0 Å². The van der Waals surface area contributed by atoms with E-state index in [1.807, 2.05) is 20.8 Å². The lowest BCUT2D eigenvalue weighted by Gasteiger charge is -2.14. The van der Waals surface area contributed by atoms with Crippen LogP contribution in [0.2, 0.25) is 0 Å². The van der Waals surface area contributed by atoms with E-state index in [9.17, 15) is 18.0 Å². The number of allylic oxidation sites excluding steroid dienone is 1. The van der Waals surface area contributed by atoms with Crippen LogP contribution in [0.5, 0.6) is 0 Å². The molecule has 2 atom stereocenters. The van der Waals surface area contributed by atoms with Crippen molar-refractivity contribution in [1.82, 2.24) is 0 Å². The van der Waals surface area contributed by atoms with Gasteiger partial charge in [-0.15, -0.1) is 0 Å². The Bertz CT molecular complexity index is 734. The second kappa shape index (κ2) is 8.09. The maximum atomic E-state index is 14.1. The molecule has 3 nitrogen and oxygen atoms in total.